The monoisotopic (exact) mass is 440 g/mol. The fourth-order valence-corrected chi connectivity index (χ4v) is 5.51. The van der Waals surface area contributed by atoms with Crippen LogP contribution in [0.15, 0.2) is 63.9 Å². The first-order valence-electron chi connectivity index (χ1n) is 9.94. The van der Waals surface area contributed by atoms with Crippen LogP contribution in [0.1, 0.15) is 30.4 Å². The number of rotatable bonds is 6. The Bertz CT molecular complexity index is 1110. The lowest BCUT2D eigenvalue weighted by molar-refractivity contribution is 0.346. The maximum Gasteiger partial charge on any atom is 0.243 e. The Balaban J connectivity index is 1.42. The molecule has 8 heteroatoms. The van der Waals surface area contributed by atoms with Gasteiger partial charge in [-0.1, -0.05) is 48.4 Å². The van der Waals surface area contributed by atoms with Crippen LogP contribution in [0.4, 0.5) is 5.13 Å². The second-order valence-corrected chi connectivity index (χ2v) is 10.1. The van der Waals surface area contributed by atoms with Crippen LogP contribution in [0.2, 0.25) is 0 Å². The first kappa shape index (κ1) is 20.7. The van der Waals surface area contributed by atoms with Gasteiger partial charge in [-0.2, -0.15) is 9.41 Å². The summed E-state index contributed by atoms with van der Waals surface area (Å²) in [6.45, 7) is 3.26. The zero-order chi connectivity index (χ0) is 21.0. The molecule has 0 aliphatic carbocycles. The van der Waals surface area contributed by atoms with Crippen LogP contribution in [0.5, 0.6) is 0 Å². The molecule has 0 bridgehead atoms. The molecule has 0 atom stereocenters. The molecule has 1 aromatic heterocycles. The average molecular weight is 441 g/mol. The van der Waals surface area contributed by atoms with Gasteiger partial charge in [-0.15, -0.1) is 11.3 Å². The lowest BCUT2D eigenvalue weighted by atomic mass is 10.2. The predicted molar refractivity (Wildman–Crippen MR) is 123 cm³/mol. The van der Waals surface area contributed by atoms with Crippen LogP contribution >= 0.6 is 11.3 Å². The van der Waals surface area contributed by atoms with Crippen molar-refractivity contribution in [3.8, 4) is 11.3 Å². The quantitative estimate of drug-likeness (QED) is 0.444. The molecule has 1 aliphatic heterocycles. The summed E-state index contributed by atoms with van der Waals surface area (Å²) in [4.78, 5) is 4.88. The number of nitrogens with zero attached hydrogens (tertiary/aromatic N) is 3. The van der Waals surface area contributed by atoms with E-state index < -0.39 is 10.0 Å². The fraction of sp³-hybridized carbons (Fsp3) is 0.273. The number of benzene rings is 2. The molecule has 1 aliphatic rings. The molecular formula is C22H24N4O2S2. The van der Waals surface area contributed by atoms with Gasteiger partial charge in [0.05, 0.1) is 16.8 Å². The van der Waals surface area contributed by atoms with Crippen LogP contribution in [0, 0.1) is 6.92 Å². The Morgan fingerprint density at radius 2 is 1.73 bits per heavy atom. The van der Waals surface area contributed by atoms with E-state index in [1.54, 1.807) is 22.7 Å². The van der Waals surface area contributed by atoms with Crippen molar-refractivity contribution >= 4 is 32.7 Å². The lowest BCUT2D eigenvalue weighted by Gasteiger charge is -2.25. The Morgan fingerprint density at radius 1 is 1.03 bits per heavy atom. The topological polar surface area (TPSA) is 74.7 Å². The van der Waals surface area contributed by atoms with Crippen LogP contribution in [0.3, 0.4) is 0 Å². The highest BCUT2D eigenvalue weighted by atomic mass is 32.2. The molecule has 0 saturated carbocycles. The Hall–Kier alpha value is -2.55. The molecule has 0 spiro atoms. The van der Waals surface area contributed by atoms with Crippen molar-refractivity contribution in [3.05, 3.63) is 65.0 Å². The van der Waals surface area contributed by atoms with Gasteiger partial charge < -0.3 is 0 Å². The molecule has 3 aromatic rings. The van der Waals surface area contributed by atoms with Gasteiger partial charge in [0, 0.05) is 24.0 Å². The van der Waals surface area contributed by atoms with Crippen molar-refractivity contribution in [2.45, 2.75) is 31.1 Å². The van der Waals surface area contributed by atoms with E-state index in [2.05, 4.69) is 15.5 Å². The van der Waals surface area contributed by atoms with Crippen molar-refractivity contribution in [1.29, 1.82) is 0 Å². The van der Waals surface area contributed by atoms with Gasteiger partial charge >= 0.3 is 0 Å². The second-order valence-electron chi connectivity index (χ2n) is 7.31. The maximum absolute atomic E-state index is 12.8. The molecule has 0 amide bonds. The summed E-state index contributed by atoms with van der Waals surface area (Å²) in [5, 5.41) is 6.84. The molecule has 2 aromatic carbocycles. The van der Waals surface area contributed by atoms with Gasteiger partial charge in [-0.05, 0) is 37.5 Å². The Labute approximate surface area is 181 Å². The zero-order valence-electron chi connectivity index (χ0n) is 16.8. The van der Waals surface area contributed by atoms with E-state index in [0.29, 0.717) is 23.1 Å². The molecule has 1 N–H and O–H groups in total. The summed E-state index contributed by atoms with van der Waals surface area (Å²) >= 11 is 1.45. The lowest BCUT2D eigenvalue weighted by Crippen LogP contribution is -2.35. The third-order valence-corrected chi connectivity index (χ3v) is 7.72. The van der Waals surface area contributed by atoms with E-state index in [1.807, 2.05) is 48.7 Å². The molecule has 2 heterocycles. The first-order chi connectivity index (χ1) is 14.5. The molecule has 30 heavy (non-hydrogen) atoms. The average Bonchev–Trinajstić information content (AvgIpc) is 3.25. The first-order valence-corrected chi connectivity index (χ1v) is 12.3. The van der Waals surface area contributed by atoms with Crippen molar-refractivity contribution in [2.24, 2.45) is 5.10 Å². The molecule has 156 valence electrons. The standard InChI is InChI=1S/C22H24N4O2S2/c1-17-5-7-18(8-6-17)15-23-25-22-24-21(16-29-22)19-9-11-20(12-10-19)30(27,28)26-13-3-2-4-14-26/h5-12,15-16H,2-4,13-14H2,1H3,(H,24,25). The van der Waals surface area contributed by atoms with E-state index in [0.717, 1.165) is 36.1 Å². The highest BCUT2D eigenvalue weighted by Gasteiger charge is 2.25. The number of anilines is 1. The fourth-order valence-electron chi connectivity index (χ4n) is 3.32. The number of hydrazone groups is 1. The van der Waals surface area contributed by atoms with E-state index in [-0.39, 0.29) is 0 Å². The van der Waals surface area contributed by atoms with Crippen LogP contribution in [-0.4, -0.2) is 37.0 Å². The second kappa shape index (κ2) is 9.07. The van der Waals surface area contributed by atoms with Crippen LogP contribution in [0.25, 0.3) is 11.3 Å². The third kappa shape index (κ3) is 4.77. The van der Waals surface area contributed by atoms with Gasteiger partial charge in [0.15, 0.2) is 0 Å². The van der Waals surface area contributed by atoms with E-state index >= 15 is 0 Å². The number of hydrogen-bond donors (Lipinski definition) is 1. The van der Waals surface area contributed by atoms with E-state index in [1.165, 1.54) is 16.9 Å². The summed E-state index contributed by atoms with van der Waals surface area (Å²) in [5.74, 6) is 0. The molecule has 0 unspecified atom stereocenters. The Morgan fingerprint density at radius 3 is 2.43 bits per heavy atom. The molecule has 0 radical (unpaired) electrons. The predicted octanol–water partition coefficient (Wildman–Crippen LogP) is 4.74. The summed E-state index contributed by atoms with van der Waals surface area (Å²) in [7, 11) is -3.41. The summed E-state index contributed by atoms with van der Waals surface area (Å²) < 4.78 is 27.1. The SMILES string of the molecule is Cc1ccc(C=NNc2nc(-c3ccc(S(=O)(=O)N4CCCCC4)cc3)cs2)cc1. The molecular weight excluding hydrogens is 416 g/mol. The van der Waals surface area contributed by atoms with Crippen molar-refractivity contribution in [3.63, 3.8) is 0 Å². The molecule has 4 rings (SSSR count). The summed E-state index contributed by atoms with van der Waals surface area (Å²) in [6.07, 6.45) is 4.71. The number of hydrogen-bond acceptors (Lipinski definition) is 6. The van der Waals surface area contributed by atoms with Gasteiger partial charge in [-0.3, -0.25) is 5.43 Å². The number of thiazole rings is 1. The summed E-state index contributed by atoms with van der Waals surface area (Å²) in [5.41, 5.74) is 6.83. The number of sulfonamides is 1. The smallest absolute Gasteiger partial charge is 0.243 e. The minimum absolute atomic E-state index is 0.337. The maximum atomic E-state index is 12.8. The number of aryl methyl sites for hydroxylation is 1. The van der Waals surface area contributed by atoms with Gasteiger partial charge in [-0.25, -0.2) is 13.4 Å². The number of nitrogens with one attached hydrogen (secondary N) is 1. The molecule has 1 fully saturated rings. The zero-order valence-corrected chi connectivity index (χ0v) is 18.4. The number of aromatic nitrogens is 1. The minimum Gasteiger partial charge on any atom is -0.253 e. The van der Waals surface area contributed by atoms with Crippen LogP contribution in [-0.2, 0) is 10.0 Å². The highest BCUT2D eigenvalue weighted by Crippen LogP contribution is 2.27. The van der Waals surface area contributed by atoms with E-state index in [4.69, 9.17) is 0 Å². The highest BCUT2D eigenvalue weighted by molar-refractivity contribution is 7.89. The number of piperidine rings is 1. The van der Waals surface area contributed by atoms with Crippen LogP contribution < -0.4 is 5.43 Å². The normalized spacial score (nSPS) is 15.5. The molecule has 6 nitrogen and oxygen atoms in total. The molecule has 1 saturated heterocycles. The van der Waals surface area contributed by atoms with Gasteiger partial charge in [0.25, 0.3) is 0 Å². The van der Waals surface area contributed by atoms with Gasteiger partial charge in [0.2, 0.25) is 15.2 Å². The van der Waals surface area contributed by atoms with Crippen molar-refractivity contribution < 1.29 is 8.42 Å². The van der Waals surface area contributed by atoms with Crippen molar-refractivity contribution in [1.82, 2.24) is 9.29 Å². The van der Waals surface area contributed by atoms with E-state index in [9.17, 15) is 8.42 Å². The largest absolute Gasteiger partial charge is 0.253 e. The third-order valence-electron chi connectivity index (χ3n) is 5.06. The Kier molecular flexibility index (Phi) is 6.26. The summed E-state index contributed by atoms with van der Waals surface area (Å²) in [6, 6.07) is 15.1. The minimum atomic E-state index is -3.41. The van der Waals surface area contributed by atoms with Crippen molar-refractivity contribution in [2.75, 3.05) is 18.5 Å². The van der Waals surface area contributed by atoms with Gasteiger partial charge in [0.1, 0.15) is 0 Å².